The third-order valence-electron chi connectivity index (χ3n) is 7.73. The molecule has 1 aliphatic heterocycles. The first kappa shape index (κ1) is 38.3. The van der Waals surface area contributed by atoms with E-state index in [1.165, 1.54) is 11.9 Å². The number of benzene rings is 3. The summed E-state index contributed by atoms with van der Waals surface area (Å²) in [6.45, 7) is 5.40. The Morgan fingerprint density at radius 1 is 0.854 bits per heavy atom. The molecule has 14 heteroatoms. The summed E-state index contributed by atoms with van der Waals surface area (Å²) >= 11 is 0. The van der Waals surface area contributed by atoms with Gasteiger partial charge in [-0.2, -0.15) is 26.3 Å². The summed E-state index contributed by atoms with van der Waals surface area (Å²) in [5.74, 6) is -0.219. The Bertz CT molecular complexity index is 1520. The van der Waals surface area contributed by atoms with E-state index in [1.807, 2.05) is 35.8 Å². The molecule has 3 aromatic rings. The highest BCUT2D eigenvalue weighted by atomic mass is 35.5. The molecule has 0 aromatic heterocycles. The first-order valence-corrected chi connectivity index (χ1v) is 15.1. The molecule has 1 aliphatic rings. The summed E-state index contributed by atoms with van der Waals surface area (Å²) in [6, 6.07) is 18.4. The van der Waals surface area contributed by atoms with Gasteiger partial charge in [0, 0.05) is 52.8 Å². The molecule has 1 atom stereocenters. The normalized spacial score (nSPS) is 15.1. The average Bonchev–Trinajstić information content (AvgIpc) is 3.03. The van der Waals surface area contributed by atoms with E-state index in [-0.39, 0.29) is 56.3 Å². The average molecular weight is 700 g/mol. The second-order valence-corrected chi connectivity index (χ2v) is 11.6. The summed E-state index contributed by atoms with van der Waals surface area (Å²) in [7, 11) is 1.49. The lowest BCUT2D eigenvalue weighted by Gasteiger charge is -2.41. The van der Waals surface area contributed by atoms with Crippen molar-refractivity contribution in [2.45, 2.75) is 44.7 Å². The smallest absolute Gasteiger partial charge is 0.344 e. The largest absolute Gasteiger partial charge is 0.416 e. The second-order valence-electron chi connectivity index (χ2n) is 11.6. The molecule has 0 aliphatic carbocycles. The van der Waals surface area contributed by atoms with Crippen LogP contribution in [0.15, 0.2) is 83.9 Å². The second kappa shape index (κ2) is 16.3. The highest BCUT2D eigenvalue weighted by molar-refractivity contribution is 6.05. The Morgan fingerprint density at radius 2 is 1.38 bits per heavy atom. The number of nitrogens with one attached hydrogen (secondary N) is 1. The van der Waals surface area contributed by atoms with Crippen LogP contribution >= 0.6 is 12.4 Å². The van der Waals surface area contributed by atoms with E-state index in [4.69, 9.17) is 0 Å². The van der Waals surface area contributed by atoms with Gasteiger partial charge in [0.15, 0.2) is 0 Å². The van der Waals surface area contributed by atoms with E-state index < -0.39 is 29.5 Å². The number of alkyl halides is 6. The molecule has 262 valence electrons. The van der Waals surface area contributed by atoms with Crippen LogP contribution in [0.4, 0.5) is 26.3 Å². The number of carbonyl (C=O) groups excluding carboxylic acids is 2. The summed E-state index contributed by atoms with van der Waals surface area (Å²) in [4.78, 5) is 36.7. The van der Waals surface area contributed by atoms with Gasteiger partial charge >= 0.3 is 12.4 Å². The molecule has 1 fully saturated rings. The van der Waals surface area contributed by atoms with Gasteiger partial charge in [-0.05, 0) is 61.7 Å². The first-order chi connectivity index (χ1) is 22.1. The molecule has 7 nitrogen and oxygen atoms in total. The topological polar surface area (TPSA) is 68.2 Å². The van der Waals surface area contributed by atoms with Crippen molar-refractivity contribution < 1.29 is 37.4 Å². The van der Waals surface area contributed by atoms with Crippen LogP contribution in [0.25, 0.3) is 0 Å². The van der Waals surface area contributed by atoms with Crippen LogP contribution in [0.5, 0.6) is 0 Å². The van der Waals surface area contributed by atoms with Gasteiger partial charge in [0.25, 0.3) is 5.91 Å². The molecule has 0 spiro atoms. The minimum atomic E-state index is -4.96. The fraction of sp³-hybridized carbons (Fsp3) is 0.382. The minimum Gasteiger partial charge on any atom is -0.344 e. The lowest BCUT2D eigenvalue weighted by molar-refractivity contribution is -0.143. The fourth-order valence-electron chi connectivity index (χ4n) is 5.32. The number of carbonyl (C=O) groups is 2. The maximum Gasteiger partial charge on any atom is 0.416 e. The Morgan fingerprint density at radius 3 is 1.88 bits per heavy atom. The maximum absolute atomic E-state index is 13.9. The van der Waals surface area contributed by atoms with Crippen molar-refractivity contribution in [3.8, 4) is 0 Å². The standard InChI is InChI=1S/C34H37F6N5O2.ClH.H2/c1-23(2)41-32(42-30(46)26-12-8-5-9-13-26)45-18-16-44(17-19-45)29(25-10-6-4-7-11-25)31(47)43(3)15-14-24-20-27(33(35,36)37)22-28(21-24)34(38,39)40;;/h4-13,20-23,29H,14-19H2,1-3H3,(H,41,42,46);2*1H. The van der Waals surface area contributed by atoms with Gasteiger partial charge in [0.05, 0.1) is 11.1 Å². The molecule has 0 radical (unpaired) electrons. The number of amides is 2. The Hall–Kier alpha value is -4.10. The third kappa shape index (κ3) is 10.2. The molecule has 1 heterocycles. The first-order valence-electron chi connectivity index (χ1n) is 15.1. The Kier molecular flexibility index (Phi) is 13.1. The molecule has 3 aromatic carbocycles. The molecule has 1 N–H and O–H groups in total. The SMILES string of the molecule is CC(C)N=C(NC(=O)c1ccccc1)N1CCN(C(C(=O)N(C)CCc2cc(C(F)(F)F)cc(C(F)(F)F)c2)c2ccccc2)CC1.Cl.[HH]. The van der Waals surface area contributed by atoms with E-state index in [9.17, 15) is 35.9 Å². The van der Waals surface area contributed by atoms with E-state index in [2.05, 4.69) is 10.3 Å². The summed E-state index contributed by atoms with van der Waals surface area (Å²) < 4.78 is 80.2. The number of likely N-dealkylation sites (N-methyl/N-ethyl adjacent to an activating group) is 1. The van der Waals surface area contributed by atoms with Crippen molar-refractivity contribution in [2.75, 3.05) is 39.8 Å². The van der Waals surface area contributed by atoms with Gasteiger partial charge in [-0.3, -0.25) is 19.8 Å². The molecule has 2 amide bonds. The third-order valence-corrected chi connectivity index (χ3v) is 7.73. The van der Waals surface area contributed by atoms with Crippen molar-refractivity contribution in [3.63, 3.8) is 0 Å². The van der Waals surface area contributed by atoms with Crippen molar-refractivity contribution in [1.29, 1.82) is 0 Å². The number of piperazine rings is 1. The molecule has 1 saturated heterocycles. The van der Waals surface area contributed by atoms with Gasteiger partial charge in [-0.1, -0.05) is 48.5 Å². The monoisotopic (exact) mass is 699 g/mol. The van der Waals surface area contributed by atoms with Gasteiger partial charge in [0.2, 0.25) is 11.9 Å². The highest BCUT2D eigenvalue weighted by Crippen LogP contribution is 2.36. The van der Waals surface area contributed by atoms with Gasteiger partial charge in [-0.25, -0.2) is 4.99 Å². The molecular formula is C34H40ClF6N5O2. The van der Waals surface area contributed by atoms with Gasteiger partial charge in [0.1, 0.15) is 6.04 Å². The van der Waals surface area contributed by atoms with Crippen LogP contribution in [0.3, 0.4) is 0 Å². The quantitative estimate of drug-likeness (QED) is 0.157. The Labute approximate surface area is 283 Å². The number of aliphatic imine (C=N–C) groups is 1. The number of hydrogen-bond donors (Lipinski definition) is 1. The highest BCUT2D eigenvalue weighted by Gasteiger charge is 2.37. The van der Waals surface area contributed by atoms with Gasteiger partial charge in [-0.15, -0.1) is 12.4 Å². The predicted molar refractivity (Wildman–Crippen MR) is 176 cm³/mol. The van der Waals surface area contributed by atoms with E-state index in [0.29, 0.717) is 55.4 Å². The van der Waals surface area contributed by atoms with Crippen LogP contribution in [-0.4, -0.2) is 78.3 Å². The molecule has 48 heavy (non-hydrogen) atoms. The minimum absolute atomic E-state index is 0. The van der Waals surface area contributed by atoms with Crippen molar-refractivity contribution in [2.24, 2.45) is 4.99 Å². The van der Waals surface area contributed by atoms with Gasteiger partial charge < -0.3 is 9.80 Å². The molecule has 0 bridgehead atoms. The summed E-state index contributed by atoms with van der Waals surface area (Å²) in [5, 5.41) is 2.91. The zero-order valence-corrected chi connectivity index (χ0v) is 27.5. The lowest BCUT2D eigenvalue weighted by atomic mass is 10.0. The number of rotatable bonds is 8. The maximum atomic E-state index is 13.9. The summed E-state index contributed by atoms with van der Waals surface area (Å²) in [5.41, 5.74) is -1.77. The number of nitrogens with zero attached hydrogens (tertiary/aromatic N) is 4. The Balaban J connectivity index is 0.00000417. The van der Waals surface area contributed by atoms with Crippen LogP contribution in [-0.2, 0) is 23.6 Å². The lowest BCUT2D eigenvalue weighted by Crippen LogP contribution is -2.56. The van der Waals surface area contributed by atoms with Crippen LogP contribution in [0.1, 0.15) is 53.9 Å². The zero-order valence-electron chi connectivity index (χ0n) is 26.7. The van der Waals surface area contributed by atoms with E-state index >= 15 is 0 Å². The summed E-state index contributed by atoms with van der Waals surface area (Å²) in [6.07, 6.45) is -10.1. The van der Waals surface area contributed by atoms with Crippen LogP contribution in [0, 0.1) is 0 Å². The van der Waals surface area contributed by atoms with E-state index in [0.717, 1.165) is 0 Å². The number of guanidine groups is 1. The van der Waals surface area contributed by atoms with Crippen LogP contribution < -0.4 is 5.32 Å². The van der Waals surface area contributed by atoms with Crippen molar-refractivity contribution >= 4 is 30.2 Å². The molecular weight excluding hydrogens is 660 g/mol. The van der Waals surface area contributed by atoms with E-state index in [1.54, 1.807) is 48.5 Å². The fourth-order valence-corrected chi connectivity index (χ4v) is 5.32. The van der Waals surface area contributed by atoms with Crippen molar-refractivity contribution in [3.05, 3.63) is 107 Å². The zero-order chi connectivity index (χ0) is 34.4. The molecule has 4 rings (SSSR count). The number of halogens is 7. The van der Waals surface area contributed by atoms with Crippen LogP contribution in [0.2, 0.25) is 0 Å². The predicted octanol–water partition coefficient (Wildman–Crippen LogP) is 6.95. The number of hydrogen-bond acceptors (Lipinski definition) is 4. The molecule has 0 saturated carbocycles. The van der Waals surface area contributed by atoms with Crippen molar-refractivity contribution in [1.82, 2.24) is 20.0 Å². The molecule has 1 unspecified atom stereocenters.